The van der Waals surface area contributed by atoms with E-state index in [9.17, 15) is 4.79 Å². The van der Waals surface area contributed by atoms with Crippen molar-refractivity contribution in [3.63, 3.8) is 0 Å². The van der Waals surface area contributed by atoms with Crippen LogP contribution in [0.3, 0.4) is 0 Å². The Labute approximate surface area is 221 Å². The van der Waals surface area contributed by atoms with Crippen LogP contribution in [0.1, 0.15) is 60.1 Å². The number of likely N-dealkylation sites (N-methyl/N-ethyl adjacent to an activating group) is 1. The molecule has 0 unspecified atom stereocenters. The summed E-state index contributed by atoms with van der Waals surface area (Å²) in [5.74, 6) is 1.10. The summed E-state index contributed by atoms with van der Waals surface area (Å²) < 4.78 is 7.46. The molecule has 2 aliphatic rings. The molecule has 4 aromatic rings. The molecule has 0 bridgehead atoms. The largest absolute Gasteiger partial charge is 0.378 e. The number of hydrogen-bond acceptors (Lipinski definition) is 6. The van der Waals surface area contributed by atoms with Gasteiger partial charge in [-0.1, -0.05) is 13.8 Å². The Bertz CT molecular complexity index is 1460. The molecule has 4 aromatic heterocycles. The SMILES string of the molecule is Cc1c(C2CCN(C(=O)[C@@H]3COCCN3C)CC2)sc2[nH]c(-c3cc(C)c4ncnn4c3)c(C(C)C)c12. The Morgan fingerprint density at radius 2 is 2.00 bits per heavy atom. The highest BCUT2D eigenvalue weighted by Gasteiger charge is 2.34. The number of aromatic nitrogens is 4. The van der Waals surface area contributed by atoms with Gasteiger partial charge in [0.05, 0.1) is 18.9 Å². The molecule has 0 saturated carbocycles. The number of aromatic amines is 1. The van der Waals surface area contributed by atoms with E-state index in [-0.39, 0.29) is 11.9 Å². The van der Waals surface area contributed by atoms with Gasteiger partial charge in [-0.15, -0.1) is 11.3 Å². The lowest BCUT2D eigenvalue weighted by atomic mass is 9.90. The first-order valence-electron chi connectivity index (χ1n) is 13.4. The van der Waals surface area contributed by atoms with Crippen LogP contribution in [-0.2, 0) is 9.53 Å². The monoisotopic (exact) mass is 520 g/mol. The number of ether oxygens (including phenoxy) is 1. The number of morpholine rings is 1. The molecule has 2 fully saturated rings. The number of pyridine rings is 1. The number of fused-ring (bicyclic) bond motifs is 2. The molecular weight excluding hydrogens is 484 g/mol. The maximum Gasteiger partial charge on any atom is 0.242 e. The zero-order valence-electron chi connectivity index (χ0n) is 22.4. The van der Waals surface area contributed by atoms with E-state index in [0.717, 1.165) is 49.2 Å². The van der Waals surface area contributed by atoms with Crippen LogP contribution in [0.15, 0.2) is 18.6 Å². The number of nitrogens with zero attached hydrogens (tertiary/aromatic N) is 5. The number of rotatable bonds is 4. The molecule has 0 aromatic carbocycles. The van der Waals surface area contributed by atoms with Crippen molar-refractivity contribution in [3.05, 3.63) is 40.2 Å². The molecule has 8 nitrogen and oxygen atoms in total. The summed E-state index contributed by atoms with van der Waals surface area (Å²) in [4.78, 5) is 28.2. The van der Waals surface area contributed by atoms with E-state index in [0.29, 0.717) is 25.0 Å². The minimum Gasteiger partial charge on any atom is -0.378 e. The molecule has 1 amide bonds. The van der Waals surface area contributed by atoms with Crippen LogP contribution in [0, 0.1) is 13.8 Å². The Hall–Kier alpha value is -2.75. The number of thiophene rings is 1. The maximum absolute atomic E-state index is 13.1. The summed E-state index contributed by atoms with van der Waals surface area (Å²) in [6.07, 6.45) is 5.71. The Morgan fingerprint density at radius 1 is 1.22 bits per heavy atom. The Balaban J connectivity index is 1.27. The molecule has 0 spiro atoms. The van der Waals surface area contributed by atoms with E-state index < -0.39 is 0 Å². The van der Waals surface area contributed by atoms with Crippen molar-refractivity contribution < 1.29 is 9.53 Å². The molecule has 196 valence electrons. The van der Waals surface area contributed by atoms with Crippen LogP contribution in [0.5, 0.6) is 0 Å². The summed E-state index contributed by atoms with van der Waals surface area (Å²) >= 11 is 1.90. The van der Waals surface area contributed by atoms with Crippen molar-refractivity contribution in [2.45, 2.75) is 58.4 Å². The third-order valence-electron chi connectivity index (χ3n) is 8.24. The zero-order valence-corrected chi connectivity index (χ0v) is 23.2. The lowest BCUT2D eigenvalue weighted by Crippen LogP contribution is -2.54. The minimum absolute atomic E-state index is 0.140. The van der Waals surface area contributed by atoms with Crippen LogP contribution >= 0.6 is 11.3 Å². The topological polar surface area (TPSA) is 78.8 Å². The van der Waals surface area contributed by atoms with Crippen LogP contribution < -0.4 is 0 Å². The van der Waals surface area contributed by atoms with E-state index in [1.165, 1.54) is 31.9 Å². The van der Waals surface area contributed by atoms with E-state index >= 15 is 0 Å². The van der Waals surface area contributed by atoms with Crippen molar-refractivity contribution in [3.8, 4) is 11.3 Å². The smallest absolute Gasteiger partial charge is 0.242 e. The first-order valence-corrected chi connectivity index (χ1v) is 14.2. The summed E-state index contributed by atoms with van der Waals surface area (Å²) in [6.45, 7) is 12.6. The third kappa shape index (κ3) is 4.17. The van der Waals surface area contributed by atoms with Gasteiger partial charge in [0.25, 0.3) is 0 Å². The average Bonchev–Trinajstić information content (AvgIpc) is 3.59. The molecule has 2 aliphatic heterocycles. The summed E-state index contributed by atoms with van der Waals surface area (Å²) in [6, 6.07) is 2.07. The molecule has 1 N–H and O–H groups in total. The Kier molecular flexibility index (Phi) is 6.33. The minimum atomic E-state index is -0.140. The highest BCUT2D eigenvalue weighted by Crippen LogP contribution is 2.46. The molecule has 2 saturated heterocycles. The van der Waals surface area contributed by atoms with Crippen molar-refractivity contribution in [1.29, 1.82) is 0 Å². The molecule has 6 rings (SSSR count). The molecule has 0 radical (unpaired) electrons. The number of amides is 1. The van der Waals surface area contributed by atoms with Crippen molar-refractivity contribution in [1.82, 2.24) is 29.4 Å². The van der Waals surface area contributed by atoms with Gasteiger partial charge in [-0.25, -0.2) is 9.50 Å². The number of aryl methyl sites for hydroxylation is 2. The molecule has 1 atom stereocenters. The van der Waals surface area contributed by atoms with Gasteiger partial charge in [-0.2, -0.15) is 5.10 Å². The van der Waals surface area contributed by atoms with Crippen molar-refractivity contribution in [2.75, 3.05) is 39.9 Å². The van der Waals surface area contributed by atoms with Gasteiger partial charge in [0.15, 0.2) is 5.65 Å². The van der Waals surface area contributed by atoms with Gasteiger partial charge in [0.2, 0.25) is 5.91 Å². The van der Waals surface area contributed by atoms with Gasteiger partial charge < -0.3 is 14.6 Å². The maximum atomic E-state index is 13.1. The molecule has 6 heterocycles. The lowest BCUT2D eigenvalue weighted by Gasteiger charge is -2.38. The van der Waals surface area contributed by atoms with Gasteiger partial charge in [0, 0.05) is 41.7 Å². The van der Waals surface area contributed by atoms with Crippen LogP contribution in [0.2, 0.25) is 0 Å². The van der Waals surface area contributed by atoms with E-state index in [1.807, 2.05) is 22.9 Å². The molecule has 0 aliphatic carbocycles. The predicted molar refractivity (Wildman–Crippen MR) is 148 cm³/mol. The van der Waals surface area contributed by atoms with E-state index in [1.54, 1.807) is 6.33 Å². The van der Waals surface area contributed by atoms with Gasteiger partial charge in [-0.3, -0.25) is 9.69 Å². The lowest BCUT2D eigenvalue weighted by molar-refractivity contribution is -0.143. The molecule has 9 heteroatoms. The van der Waals surface area contributed by atoms with E-state index in [2.05, 4.69) is 64.8 Å². The number of carbonyl (C=O) groups is 1. The fourth-order valence-corrected chi connectivity index (χ4v) is 7.59. The van der Waals surface area contributed by atoms with Crippen LogP contribution in [0.4, 0.5) is 0 Å². The quantitative estimate of drug-likeness (QED) is 0.421. The van der Waals surface area contributed by atoms with Gasteiger partial charge in [-0.05, 0) is 68.3 Å². The zero-order chi connectivity index (χ0) is 25.8. The second-order valence-electron chi connectivity index (χ2n) is 11.0. The third-order valence-corrected chi connectivity index (χ3v) is 9.61. The van der Waals surface area contributed by atoms with Gasteiger partial charge in [0.1, 0.15) is 17.2 Å². The second-order valence-corrected chi connectivity index (χ2v) is 12.0. The number of H-pyrrole nitrogens is 1. The van der Waals surface area contributed by atoms with E-state index in [4.69, 9.17) is 4.74 Å². The molecule has 37 heavy (non-hydrogen) atoms. The number of likely N-dealkylation sites (tertiary alicyclic amines) is 1. The van der Waals surface area contributed by atoms with Crippen molar-refractivity contribution >= 4 is 33.1 Å². The number of piperidine rings is 1. The fraction of sp³-hybridized carbons (Fsp3) is 0.536. The summed E-state index contributed by atoms with van der Waals surface area (Å²) in [5.41, 5.74) is 7.12. The number of hydrogen-bond donors (Lipinski definition) is 1. The van der Waals surface area contributed by atoms with Crippen LogP contribution in [-0.4, -0.2) is 81.2 Å². The van der Waals surface area contributed by atoms with Crippen LogP contribution in [0.25, 0.3) is 27.1 Å². The first-order chi connectivity index (χ1) is 17.8. The number of carbonyl (C=O) groups excluding carboxylic acids is 1. The summed E-state index contributed by atoms with van der Waals surface area (Å²) in [7, 11) is 2.03. The number of nitrogens with one attached hydrogen (secondary N) is 1. The second kappa shape index (κ2) is 9.53. The average molecular weight is 521 g/mol. The summed E-state index contributed by atoms with van der Waals surface area (Å²) in [5, 5.41) is 5.76. The fourth-order valence-electron chi connectivity index (χ4n) is 6.19. The Morgan fingerprint density at radius 3 is 2.73 bits per heavy atom. The first kappa shape index (κ1) is 24.6. The highest BCUT2D eigenvalue weighted by atomic mass is 32.1. The normalized spacial score (nSPS) is 20.1. The highest BCUT2D eigenvalue weighted by molar-refractivity contribution is 7.19. The van der Waals surface area contributed by atoms with Gasteiger partial charge >= 0.3 is 0 Å². The predicted octanol–water partition coefficient (Wildman–Crippen LogP) is 4.72. The van der Waals surface area contributed by atoms with Crippen molar-refractivity contribution in [2.24, 2.45) is 0 Å². The standard InChI is InChI=1S/C28H36N6O2S/c1-16(2)22-23-18(4)25(19-6-8-33(9-7-19)28(35)21-14-36-11-10-32(21)5)37-27(23)31-24(22)20-12-17(3)26-29-15-30-34(26)13-20/h12-13,15-16,19,21,31H,6-11,14H2,1-5H3/t21-/m0/s1. The molecular formula is C28H36N6O2S.